The Balaban J connectivity index is 1.79. The van der Waals surface area contributed by atoms with E-state index < -0.39 is 0 Å². The van der Waals surface area contributed by atoms with Crippen molar-refractivity contribution in [2.24, 2.45) is 5.73 Å². The van der Waals surface area contributed by atoms with Crippen molar-refractivity contribution in [3.8, 4) is 0 Å². The summed E-state index contributed by atoms with van der Waals surface area (Å²) in [5.74, 6) is 1.31. The lowest BCUT2D eigenvalue weighted by atomic mass is 10.2. The quantitative estimate of drug-likeness (QED) is 0.792. The molecule has 1 saturated heterocycles. The Morgan fingerprint density at radius 2 is 2.33 bits per heavy atom. The van der Waals surface area contributed by atoms with Crippen molar-refractivity contribution < 1.29 is 9.15 Å². The summed E-state index contributed by atoms with van der Waals surface area (Å²) in [4.78, 5) is 2.42. The Kier molecular flexibility index (Phi) is 4.99. The summed E-state index contributed by atoms with van der Waals surface area (Å²) in [6.07, 6.45) is 0.222. The topological polar surface area (TPSA) is 77.4 Å². The molecule has 18 heavy (non-hydrogen) atoms. The third-order valence-corrected chi connectivity index (χ3v) is 3.87. The fourth-order valence-electron chi connectivity index (χ4n) is 1.86. The van der Waals surface area contributed by atoms with Crippen molar-refractivity contribution in [2.45, 2.75) is 37.8 Å². The fraction of sp³-hybridized carbons (Fsp3) is 0.818. The number of thioether (sulfide) groups is 1. The molecule has 1 aliphatic heterocycles. The SMILES string of the molecule is CC(C)N1CCOC(CSc2nnc(CN)o2)C1. The van der Waals surface area contributed by atoms with E-state index >= 15 is 0 Å². The fourth-order valence-corrected chi connectivity index (χ4v) is 2.64. The number of hydrogen-bond donors (Lipinski definition) is 1. The van der Waals surface area contributed by atoms with Gasteiger partial charge in [0.1, 0.15) is 0 Å². The summed E-state index contributed by atoms with van der Waals surface area (Å²) in [6, 6.07) is 0.564. The Morgan fingerprint density at radius 3 is 3.00 bits per heavy atom. The van der Waals surface area contributed by atoms with E-state index in [1.165, 1.54) is 11.8 Å². The van der Waals surface area contributed by atoms with Crippen LogP contribution in [-0.4, -0.2) is 52.7 Å². The number of aromatic nitrogens is 2. The zero-order valence-corrected chi connectivity index (χ0v) is 11.7. The van der Waals surface area contributed by atoms with Gasteiger partial charge in [-0.15, -0.1) is 10.2 Å². The van der Waals surface area contributed by atoms with Crippen molar-refractivity contribution in [3.05, 3.63) is 5.89 Å². The van der Waals surface area contributed by atoms with Gasteiger partial charge in [-0.05, 0) is 13.8 Å². The minimum absolute atomic E-state index is 0.222. The molecule has 6 nitrogen and oxygen atoms in total. The molecule has 1 unspecified atom stereocenters. The van der Waals surface area contributed by atoms with Crippen LogP contribution < -0.4 is 5.73 Å². The lowest BCUT2D eigenvalue weighted by Crippen LogP contribution is -2.46. The maximum absolute atomic E-state index is 5.74. The van der Waals surface area contributed by atoms with Crippen molar-refractivity contribution in [1.29, 1.82) is 0 Å². The predicted molar refractivity (Wildman–Crippen MR) is 69.4 cm³/mol. The number of nitrogens with zero attached hydrogens (tertiary/aromatic N) is 3. The predicted octanol–water partition coefficient (Wildman–Crippen LogP) is 0.730. The molecule has 1 aliphatic rings. The van der Waals surface area contributed by atoms with E-state index in [2.05, 4.69) is 28.9 Å². The average Bonchev–Trinajstić information content (AvgIpc) is 2.84. The molecule has 0 bridgehead atoms. The second kappa shape index (κ2) is 6.51. The third kappa shape index (κ3) is 3.68. The molecular formula is C11H20N4O2S. The minimum Gasteiger partial charge on any atom is -0.415 e. The maximum Gasteiger partial charge on any atom is 0.276 e. The summed E-state index contributed by atoms with van der Waals surface area (Å²) >= 11 is 1.53. The van der Waals surface area contributed by atoms with Gasteiger partial charge >= 0.3 is 0 Å². The van der Waals surface area contributed by atoms with Gasteiger partial charge in [0.05, 0.1) is 19.3 Å². The first-order valence-electron chi connectivity index (χ1n) is 6.20. The molecule has 1 atom stereocenters. The minimum atomic E-state index is 0.222. The van der Waals surface area contributed by atoms with Crippen molar-refractivity contribution in [1.82, 2.24) is 15.1 Å². The van der Waals surface area contributed by atoms with Gasteiger partial charge in [-0.2, -0.15) is 0 Å². The van der Waals surface area contributed by atoms with E-state index in [4.69, 9.17) is 14.9 Å². The highest BCUT2D eigenvalue weighted by molar-refractivity contribution is 7.99. The Labute approximate surface area is 111 Å². The smallest absolute Gasteiger partial charge is 0.276 e. The summed E-state index contributed by atoms with van der Waals surface area (Å²) in [6.45, 7) is 7.47. The molecule has 1 aromatic rings. The molecule has 2 heterocycles. The van der Waals surface area contributed by atoms with E-state index in [9.17, 15) is 0 Å². The monoisotopic (exact) mass is 272 g/mol. The molecule has 0 radical (unpaired) electrons. The Bertz CT molecular complexity index is 372. The van der Waals surface area contributed by atoms with Crippen LogP contribution in [0.5, 0.6) is 0 Å². The highest BCUT2D eigenvalue weighted by Crippen LogP contribution is 2.20. The number of hydrogen-bond acceptors (Lipinski definition) is 7. The number of morpholine rings is 1. The first-order chi connectivity index (χ1) is 8.69. The summed E-state index contributed by atoms with van der Waals surface area (Å²) in [5.41, 5.74) is 5.42. The van der Waals surface area contributed by atoms with Crippen LogP contribution in [0.2, 0.25) is 0 Å². The Hall–Kier alpha value is -0.630. The zero-order valence-electron chi connectivity index (χ0n) is 10.8. The highest BCUT2D eigenvalue weighted by Gasteiger charge is 2.22. The molecule has 0 aromatic carbocycles. The molecule has 2 rings (SSSR count). The molecule has 1 fully saturated rings. The van der Waals surface area contributed by atoms with E-state index in [1.54, 1.807) is 0 Å². The molecule has 7 heteroatoms. The van der Waals surface area contributed by atoms with Crippen LogP contribution in [-0.2, 0) is 11.3 Å². The highest BCUT2D eigenvalue weighted by atomic mass is 32.2. The van der Waals surface area contributed by atoms with Gasteiger partial charge in [-0.25, -0.2) is 0 Å². The van der Waals surface area contributed by atoms with Crippen LogP contribution in [0.25, 0.3) is 0 Å². The first-order valence-corrected chi connectivity index (χ1v) is 7.18. The summed E-state index contributed by atoms with van der Waals surface area (Å²) in [5, 5.41) is 8.32. The van der Waals surface area contributed by atoms with Gasteiger partial charge in [-0.3, -0.25) is 4.90 Å². The summed E-state index contributed by atoms with van der Waals surface area (Å²) in [7, 11) is 0. The number of rotatable bonds is 5. The molecule has 102 valence electrons. The van der Waals surface area contributed by atoms with Crippen molar-refractivity contribution in [2.75, 3.05) is 25.4 Å². The molecule has 0 spiro atoms. The molecule has 1 aromatic heterocycles. The molecule has 0 amide bonds. The average molecular weight is 272 g/mol. The van der Waals surface area contributed by atoms with Gasteiger partial charge in [0.15, 0.2) is 0 Å². The molecule has 2 N–H and O–H groups in total. The zero-order chi connectivity index (χ0) is 13.0. The van der Waals surface area contributed by atoms with E-state index in [-0.39, 0.29) is 12.6 Å². The third-order valence-electron chi connectivity index (χ3n) is 2.92. The van der Waals surface area contributed by atoms with Crippen LogP contribution in [0.15, 0.2) is 9.64 Å². The maximum atomic E-state index is 5.74. The number of nitrogens with two attached hydrogens (primary N) is 1. The largest absolute Gasteiger partial charge is 0.415 e. The Morgan fingerprint density at radius 1 is 1.50 bits per heavy atom. The van der Waals surface area contributed by atoms with Crippen LogP contribution >= 0.6 is 11.8 Å². The molecular weight excluding hydrogens is 252 g/mol. The van der Waals surface area contributed by atoms with E-state index in [0.717, 1.165) is 25.4 Å². The summed E-state index contributed by atoms with van der Waals surface area (Å²) < 4.78 is 11.1. The van der Waals surface area contributed by atoms with Crippen LogP contribution in [0, 0.1) is 0 Å². The first kappa shape index (κ1) is 13.8. The molecule has 0 aliphatic carbocycles. The normalized spacial score (nSPS) is 21.7. The van der Waals surface area contributed by atoms with Crippen LogP contribution in [0.1, 0.15) is 19.7 Å². The van der Waals surface area contributed by atoms with Gasteiger partial charge in [-0.1, -0.05) is 11.8 Å². The standard InChI is InChI=1S/C11H20N4O2S/c1-8(2)15-3-4-16-9(6-15)7-18-11-14-13-10(5-12)17-11/h8-9H,3-7,12H2,1-2H3. The molecule has 0 saturated carbocycles. The van der Waals surface area contributed by atoms with Crippen molar-refractivity contribution >= 4 is 11.8 Å². The van der Waals surface area contributed by atoms with E-state index in [0.29, 0.717) is 17.2 Å². The van der Waals surface area contributed by atoms with Crippen LogP contribution in [0.3, 0.4) is 0 Å². The van der Waals surface area contributed by atoms with Crippen molar-refractivity contribution in [3.63, 3.8) is 0 Å². The lowest BCUT2D eigenvalue weighted by Gasteiger charge is -2.35. The second-order valence-electron chi connectivity index (χ2n) is 4.56. The van der Waals surface area contributed by atoms with Gasteiger partial charge in [0, 0.05) is 24.9 Å². The van der Waals surface area contributed by atoms with Gasteiger partial charge < -0.3 is 14.9 Å². The number of ether oxygens (including phenoxy) is 1. The van der Waals surface area contributed by atoms with Gasteiger partial charge in [0.2, 0.25) is 5.89 Å². The second-order valence-corrected chi connectivity index (χ2v) is 5.53. The lowest BCUT2D eigenvalue weighted by molar-refractivity contribution is -0.0265. The van der Waals surface area contributed by atoms with Crippen LogP contribution in [0.4, 0.5) is 0 Å². The van der Waals surface area contributed by atoms with Gasteiger partial charge in [0.25, 0.3) is 5.22 Å². The van der Waals surface area contributed by atoms with E-state index in [1.807, 2.05) is 0 Å².